The number of hydrogen-bond donors (Lipinski definition) is 2. The predicted molar refractivity (Wildman–Crippen MR) is 111 cm³/mol. The molecule has 2 aromatic rings. The average molecular weight is 380 g/mol. The molecule has 0 bridgehead atoms. The number of anilines is 1. The summed E-state index contributed by atoms with van der Waals surface area (Å²) in [4.78, 5) is 24.7. The highest BCUT2D eigenvalue weighted by Crippen LogP contribution is 2.23. The van der Waals surface area contributed by atoms with Crippen LogP contribution in [0, 0.1) is 0 Å². The Labute approximate surface area is 166 Å². The predicted octanol–water partition coefficient (Wildman–Crippen LogP) is 3.51. The van der Waals surface area contributed by atoms with Gasteiger partial charge in [0, 0.05) is 31.0 Å². The van der Waals surface area contributed by atoms with Crippen molar-refractivity contribution >= 4 is 17.5 Å². The zero-order valence-electron chi connectivity index (χ0n) is 16.4. The van der Waals surface area contributed by atoms with Gasteiger partial charge in [0.1, 0.15) is 0 Å². The average Bonchev–Trinajstić information content (AvgIpc) is 3.15. The number of benzene rings is 2. The van der Waals surface area contributed by atoms with Crippen LogP contribution in [0.15, 0.2) is 42.5 Å². The van der Waals surface area contributed by atoms with Gasteiger partial charge in [-0.1, -0.05) is 24.3 Å². The van der Waals surface area contributed by atoms with Gasteiger partial charge in [-0.25, -0.2) is 0 Å². The molecule has 3 rings (SSSR count). The first-order valence-electron chi connectivity index (χ1n) is 10.0. The van der Waals surface area contributed by atoms with Gasteiger partial charge in [0.05, 0.1) is 6.42 Å². The van der Waals surface area contributed by atoms with E-state index in [2.05, 4.69) is 22.8 Å². The number of fused-ring (bicyclic) bond motifs is 1. The van der Waals surface area contributed by atoms with E-state index in [0.29, 0.717) is 37.4 Å². The van der Waals surface area contributed by atoms with Crippen molar-refractivity contribution in [1.29, 1.82) is 0 Å². The topological polar surface area (TPSA) is 67.4 Å². The first-order valence-corrected chi connectivity index (χ1v) is 10.0. The fraction of sp³-hybridized carbons (Fsp3) is 0.391. The Morgan fingerprint density at radius 3 is 2.79 bits per heavy atom. The van der Waals surface area contributed by atoms with Gasteiger partial charge in [-0.3, -0.25) is 9.59 Å². The lowest BCUT2D eigenvalue weighted by molar-refractivity contribution is -0.115. The van der Waals surface area contributed by atoms with Gasteiger partial charge in [-0.15, -0.1) is 0 Å². The van der Waals surface area contributed by atoms with Gasteiger partial charge < -0.3 is 15.4 Å². The first-order chi connectivity index (χ1) is 13.7. The van der Waals surface area contributed by atoms with E-state index in [1.807, 2.05) is 13.0 Å². The Bertz CT molecular complexity index is 832. The van der Waals surface area contributed by atoms with E-state index in [9.17, 15) is 9.59 Å². The van der Waals surface area contributed by atoms with Crippen LogP contribution in [0.3, 0.4) is 0 Å². The van der Waals surface area contributed by atoms with Gasteiger partial charge in [-0.05, 0) is 67.5 Å². The number of aryl methyl sites for hydroxylation is 2. The third-order valence-corrected chi connectivity index (χ3v) is 4.89. The number of carbonyl (C=O) groups is 2. The van der Waals surface area contributed by atoms with E-state index >= 15 is 0 Å². The van der Waals surface area contributed by atoms with E-state index < -0.39 is 0 Å². The molecule has 5 heteroatoms. The molecule has 0 spiro atoms. The van der Waals surface area contributed by atoms with Crippen molar-refractivity contribution < 1.29 is 14.3 Å². The molecule has 0 aliphatic heterocycles. The van der Waals surface area contributed by atoms with Crippen molar-refractivity contribution in [2.45, 2.75) is 39.0 Å². The van der Waals surface area contributed by atoms with Gasteiger partial charge in [0.2, 0.25) is 5.91 Å². The van der Waals surface area contributed by atoms with Crippen molar-refractivity contribution in [1.82, 2.24) is 5.32 Å². The number of hydrogen-bond acceptors (Lipinski definition) is 3. The van der Waals surface area contributed by atoms with Crippen molar-refractivity contribution in [2.24, 2.45) is 0 Å². The molecule has 5 nitrogen and oxygen atoms in total. The van der Waals surface area contributed by atoms with E-state index in [4.69, 9.17) is 4.74 Å². The smallest absolute Gasteiger partial charge is 0.251 e. The number of carbonyl (C=O) groups excluding carboxylic acids is 2. The van der Waals surface area contributed by atoms with E-state index in [1.54, 1.807) is 24.3 Å². The van der Waals surface area contributed by atoms with Gasteiger partial charge >= 0.3 is 0 Å². The van der Waals surface area contributed by atoms with E-state index in [-0.39, 0.29) is 11.8 Å². The largest absolute Gasteiger partial charge is 0.382 e. The highest BCUT2D eigenvalue weighted by molar-refractivity contribution is 5.97. The summed E-state index contributed by atoms with van der Waals surface area (Å²) in [5, 5.41) is 5.77. The Morgan fingerprint density at radius 2 is 1.93 bits per heavy atom. The van der Waals surface area contributed by atoms with Crippen LogP contribution in [-0.4, -0.2) is 31.6 Å². The van der Waals surface area contributed by atoms with Crippen LogP contribution in [0.2, 0.25) is 0 Å². The first kappa shape index (κ1) is 20.1. The van der Waals surface area contributed by atoms with Crippen LogP contribution in [-0.2, 0) is 28.8 Å². The molecule has 0 unspecified atom stereocenters. The summed E-state index contributed by atoms with van der Waals surface area (Å²) in [5.41, 5.74) is 4.97. The second-order valence-corrected chi connectivity index (χ2v) is 7.07. The van der Waals surface area contributed by atoms with Crippen LogP contribution in [0.4, 0.5) is 5.69 Å². The normalized spacial score (nSPS) is 12.5. The second-order valence-electron chi connectivity index (χ2n) is 7.07. The molecule has 0 atom stereocenters. The molecule has 148 valence electrons. The summed E-state index contributed by atoms with van der Waals surface area (Å²) < 4.78 is 5.26. The lowest BCUT2D eigenvalue weighted by Gasteiger charge is -2.09. The Kier molecular flexibility index (Phi) is 7.20. The molecule has 0 saturated heterocycles. The van der Waals surface area contributed by atoms with Gasteiger partial charge in [0.25, 0.3) is 5.91 Å². The zero-order chi connectivity index (χ0) is 19.8. The number of nitrogens with one attached hydrogen (secondary N) is 2. The van der Waals surface area contributed by atoms with Gasteiger partial charge in [0.15, 0.2) is 0 Å². The third-order valence-electron chi connectivity index (χ3n) is 4.89. The SMILES string of the molecule is CCOCCCNC(=O)c1cccc(NC(=O)Cc2ccc3c(c2)CCC3)c1. The number of rotatable bonds is 9. The lowest BCUT2D eigenvalue weighted by Crippen LogP contribution is -2.25. The Morgan fingerprint density at radius 1 is 1.07 bits per heavy atom. The fourth-order valence-corrected chi connectivity index (χ4v) is 3.49. The second kappa shape index (κ2) is 10.0. The van der Waals surface area contributed by atoms with Crippen molar-refractivity contribution in [2.75, 3.05) is 25.1 Å². The molecule has 0 heterocycles. The third kappa shape index (κ3) is 5.67. The standard InChI is InChI=1S/C23H28N2O3/c1-2-28-13-5-12-24-23(27)20-8-4-9-21(16-20)25-22(26)15-17-10-11-18-6-3-7-19(18)14-17/h4,8-11,14,16H,2-3,5-7,12-13,15H2,1H3,(H,24,27)(H,25,26). The number of ether oxygens (including phenoxy) is 1. The van der Waals surface area contributed by atoms with E-state index in [0.717, 1.165) is 24.8 Å². The maximum atomic E-state index is 12.4. The summed E-state index contributed by atoms with van der Waals surface area (Å²) >= 11 is 0. The molecule has 28 heavy (non-hydrogen) atoms. The summed E-state index contributed by atoms with van der Waals surface area (Å²) in [7, 11) is 0. The lowest BCUT2D eigenvalue weighted by atomic mass is 10.0. The van der Waals surface area contributed by atoms with Crippen LogP contribution in [0.5, 0.6) is 0 Å². The molecule has 0 fully saturated rings. The number of amides is 2. The molecular formula is C23H28N2O3. The van der Waals surface area contributed by atoms with Crippen molar-refractivity contribution in [3.63, 3.8) is 0 Å². The van der Waals surface area contributed by atoms with E-state index in [1.165, 1.54) is 17.5 Å². The summed E-state index contributed by atoms with van der Waals surface area (Å²) in [6.45, 7) is 3.83. The maximum absolute atomic E-state index is 12.4. The molecule has 2 N–H and O–H groups in total. The molecule has 0 aromatic heterocycles. The highest BCUT2D eigenvalue weighted by atomic mass is 16.5. The monoisotopic (exact) mass is 380 g/mol. The van der Waals surface area contributed by atoms with Crippen LogP contribution in [0.1, 0.15) is 46.8 Å². The quantitative estimate of drug-likeness (QED) is 0.654. The molecule has 2 amide bonds. The molecular weight excluding hydrogens is 352 g/mol. The summed E-state index contributed by atoms with van der Waals surface area (Å²) in [6.07, 6.45) is 4.55. The van der Waals surface area contributed by atoms with Gasteiger partial charge in [-0.2, -0.15) is 0 Å². The molecule has 1 aliphatic rings. The maximum Gasteiger partial charge on any atom is 0.251 e. The van der Waals surface area contributed by atoms with Crippen molar-refractivity contribution in [3.8, 4) is 0 Å². The Balaban J connectivity index is 1.52. The summed E-state index contributed by atoms with van der Waals surface area (Å²) in [6, 6.07) is 13.4. The minimum Gasteiger partial charge on any atom is -0.382 e. The van der Waals surface area contributed by atoms with Crippen LogP contribution in [0.25, 0.3) is 0 Å². The van der Waals surface area contributed by atoms with Crippen LogP contribution >= 0.6 is 0 Å². The fourth-order valence-electron chi connectivity index (χ4n) is 3.49. The molecule has 0 saturated carbocycles. The minimum absolute atomic E-state index is 0.0766. The zero-order valence-corrected chi connectivity index (χ0v) is 16.4. The molecule has 0 radical (unpaired) electrons. The van der Waals surface area contributed by atoms with Crippen molar-refractivity contribution in [3.05, 3.63) is 64.7 Å². The molecule has 2 aromatic carbocycles. The summed E-state index contributed by atoms with van der Waals surface area (Å²) in [5.74, 6) is -0.224. The molecule has 1 aliphatic carbocycles. The minimum atomic E-state index is -0.147. The highest BCUT2D eigenvalue weighted by Gasteiger charge is 2.13. The Hall–Kier alpha value is -2.66. The van der Waals surface area contributed by atoms with Crippen LogP contribution < -0.4 is 10.6 Å².